The molecule has 1 amide bonds. The molecule has 1 aliphatic heterocycles. The van der Waals surface area contributed by atoms with Gasteiger partial charge in [0.2, 0.25) is 5.91 Å². The minimum Gasteiger partial charge on any atom is -0.380 e. The van der Waals surface area contributed by atoms with Crippen molar-refractivity contribution in [3.05, 3.63) is 0 Å². The average molecular weight is 186 g/mol. The van der Waals surface area contributed by atoms with E-state index in [4.69, 9.17) is 10.5 Å². The smallest absolute Gasteiger partial charge is 0.236 e. The molecule has 1 fully saturated rings. The topological polar surface area (TPSA) is 55.6 Å². The second kappa shape index (κ2) is 5.19. The molecular formula is C9H18N2O2. The van der Waals surface area contributed by atoms with Gasteiger partial charge < -0.3 is 15.4 Å². The minimum atomic E-state index is 0.0437. The Morgan fingerprint density at radius 1 is 1.69 bits per heavy atom. The third kappa shape index (κ3) is 2.67. The summed E-state index contributed by atoms with van der Waals surface area (Å²) in [5, 5.41) is 0. The summed E-state index contributed by atoms with van der Waals surface area (Å²) in [5.74, 6) is 0.0437. The summed E-state index contributed by atoms with van der Waals surface area (Å²) in [4.78, 5) is 13.2. The van der Waals surface area contributed by atoms with Crippen molar-refractivity contribution in [3.63, 3.8) is 0 Å². The van der Waals surface area contributed by atoms with Crippen molar-refractivity contribution < 1.29 is 9.53 Å². The maximum absolute atomic E-state index is 11.3. The van der Waals surface area contributed by atoms with E-state index in [0.717, 1.165) is 19.4 Å². The third-order valence-electron chi connectivity index (χ3n) is 2.39. The lowest BCUT2D eigenvalue weighted by Gasteiger charge is -2.23. The van der Waals surface area contributed by atoms with Gasteiger partial charge in [0.25, 0.3) is 0 Å². The van der Waals surface area contributed by atoms with Crippen molar-refractivity contribution in [2.24, 2.45) is 5.73 Å². The van der Waals surface area contributed by atoms with E-state index in [-0.39, 0.29) is 18.5 Å². The molecule has 1 heterocycles. The zero-order valence-electron chi connectivity index (χ0n) is 8.16. The van der Waals surface area contributed by atoms with E-state index in [1.54, 1.807) is 0 Å². The minimum absolute atomic E-state index is 0.0437. The van der Waals surface area contributed by atoms with Gasteiger partial charge >= 0.3 is 0 Å². The van der Waals surface area contributed by atoms with Crippen LogP contribution in [0.5, 0.6) is 0 Å². The first kappa shape index (κ1) is 10.5. The van der Waals surface area contributed by atoms with E-state index in [1.165, 1.54) is 0 Å². The molecule has 76 valence electrons. The molecule has 0 aromatic rings. The van der Waals surface area contributed by atoms with Crippen molar-refractivity contribution in [2.75, 3.05) is 26.3 Å². The predicted molar refractivity (Wildman–Crippen MR) is 50.3 cm³/mol. The Kier molecular flexibility index (Phi) is 4.18. The van der Waals surface area contributed by atoms with Crippen molar-refractivity contribution >= 4 is 5.91 Å². The van der Waals surface area contributed by atoms with Crippen LogP contribution in [0.2, 0.25) is 0 Å². The number of nitrogens with two attached hydrogens (primary N) is 1. The van der Waals surface area contributed by atoms with Crippen molar-refractivity contribution in [1.29, 1.82) is 0 Å². The molecule has 2 N–H and O–H groups in total. The number of carbonyl (C=O) groups is 1. The van der Waals surface area contributed by atoms with Crippen LogP contribution in [-0.4, -0.2) is 43.2 Å². The summed E-state index contributed by atoms with van der Waals surface area (Å²) in [6.07, 6.45) is 2.12. The van der Waals surface area contributed by atoms with Crippen LogP contribution in [0, 0.1) is 0 Å². The number of likely N-dealkylation sites (tertiary alicyclic amines) is 1. The summed E-state index contributed by atoms with van der Waals surface area (Å²) in [7, 11) is 0. The van der Waals surface area contributed by atoms with Gasteiger partial charge in [-0.05, 0) is 19.8 Å². The molecule has 0 aromatic carbocycles. The van der Waals surface area contributed by atoms with Crippen LogP contribution in [0.25, 0.3) is 0 Å². The van der Waals surface area contributed by atoms with E-state index in [1.807, 2.05) is 11.8 Å². The van der Waals surface area contributed by atoms with Gasteiger partial charge in [-0.2, -0.15) is 0 Å². The third-order valence-corrected chi connectivity index (χ3v) is 2.39. The number of amides is 1. The van der Waals surface area contributed by atoms with E-state index in [9.17, 15) is 4.79 Å². The van der Waals surface area contributed by atoms with Crippen LogP contribution in [-0.2, 0) is 9.53 Å². The molecule has 0 aliphatic carbocycles. The quantitative estimate of drug-likeness (QED) is 0.671. The van der Waals surface area contributed by atoms with E-state index < -0.39 is 0 Å². The number of hydrogen-bond donors (Lipinski definition) is 1. The zero-order chi connectivity index (χ0) is 9.68. The van der Waals surface area contributed by atoms with Crippen LogP contribution in [0.4, 0.5) is 0 Å². The summed E-state index contributed by atoms with van der Waals surface area (Å²) in [6.45, 7) is 4.28. The number of carbonyl (C=O) groups excluding carboxylic acids is 1. The van der Waals surface area contributed by atoms with E-state index in [2.05, 4.69) is 0 Å². The first-order valence-corrected chi connectivity index (χ1v) is 4.86. The van der Waals surface area contributed by atoms with Crippen molar-refractivity contribution in [1.82, 2.24) is 4.90 Å². The molecule has 1 aliphatic rings. The summed E-state index contributed by atoms with van der Waals surface area (Å²) in [5.41, 5.74) is 5.31. The Morgan fingerprint density at radius 3 is 3.08 bits per heavy atom. The van der Waals surface area contributed by atoms with E-state index >= 15 is 0 Å². The Morgan fingerprint density at radius 2 is 2.46 bits per heavy atom. The normalized spacial score (nSPS) is 22.3. The molecule has 0 unspecified atom stereocenters. The highest BCUT2D eigenvalue weighted by molar-refractivity contribution is 5.78. The lowest BCUT2D eigenvalue weighted by atomic mass is 10.2. The summed E-state index contributed by atoms with van der Waals surface area (Å²) >= 11 is 0. The summed E-state index contributed by atoms with van der Waals surface area (Å²) in [6, 6.07) is 0.260. The molecule has 0 spiro atoms. The molecule has 0 saturated carbocycles. The van der Waals surface area contributed by atoms with E-state index in [0.29, 0.717) is 13.2 Å². The molecule has 0 aromatic heterocycles. The van der Waals surface area contributed by atoms with Gasteiger partial charge in [0.05, 0.1) is 19.2 Å². The maximum Gasteiger partial charge on any atom is 0.236 e. The molecule has 4 heteroatoms. The second-order valence-corrected chi connectivity index (χ2v) is 3.25. The van der Waals surface area contributed by atoms with Crippen molar-refractivity contribution in [2.45, 2.75) is 25.8 Å². The number of rotatable bonds is 4. The van der Waals surface area contributed by atoms with Crippen LogP contribution in [0.1, 0.15) is 19.8 Å². The number of nitrogens with zero attached hydrogens (tertiary/aromatic N) is 1. The molecule has 0 radical (unpaired) electrons. The largest absolute Gasteiger partial charge is 0.380 e. The highest BCUT2D eigenvalue weighted by Gasteiger charge is 2.27. The van der Waals surface area contributed by atoms with Crippen LogP contribution >= 0.6 is 0 Å². The van der Waals surface area contributed by atoms with Crippen LogP contribution < -0.4 is 5.73 Å². The van der Waals surface area contributed by atoms with Crippen LogP contribution in [0.15, 0.2) is 0 Å². The number of hydrogen-bond acceptors (Lipinski definition) is 3. The molecule has 1 saturated heterocycles. The van der Waals surface area contributed by atoms with Gasteiger partial charge in [-0.15, -0.1) is 0 Å². The molecular weight excluding hydrogens is 168 g/mol. The highest BCUT2D eigenvalue weighted by Crippen LogP contribution is 2.17. The fourth-order valence-corrected chi connectivity index (χ4v) is 1.71. The van der Waals surface area contributed by atoms with Crippen LogP contribution in [0.3, 0.4) is 0 Å². The molecule has 1 rings (SSSR count). The van der Waals surface area contributed by atoms with Gasteiger partial charge in [0, 0.05) is 13.2 Å². The zero-order valence-corrected chi connectivity index (χ0v) is 8.16. The number of ether oxygens (including phenoxy) is 1. The highest BCUT2D eigenvalue weighted by atomic mass is 16.5. The summed E-state index contributed by atoms with van der Waals surface area (Å²) < 4.78 is 5.31. The lowest BCUT2D eigenvalue weighted by Crippen LogP contribution is -2.41. The Balaban J connectivity index is 2.39. The maximum atomic E-state index is 11.3. The molecule has 4 nitrogen and oxygen atoms in total. The Bertz CT molecular complexity index is 173. The predicted octanol–water partition coefficient (Wildman–Crippen LogP) is -0.0274. The monoisotopic (exact) mass is 186 g/mol. The lowest BCUT2D eigenvalue weighted by molar-refractivity contribution is -0.131. The van der Waals surface area contributed by atoms with Gasteiger partial charge in [-0.3, -0.25) is 4.79 Å². The van der Waals surface area contributed by atoms with Crippen molar-refractivity contribution in [3.8, 4) is 0 Å². The first-order chi connectivity index (χ1) is 6.29. The van der Waals surface area contributed by atoms with Gasteiger partial charge in [0.1, 0.15) is 0 Å². The fraction of sp³-hybridized carbons (Fsp3) is 0.889. The standard InChI is InChI=1S/C9H18N2O2/c1-2-13-7-8-4-3-5-11(8)9(12)6-10/h8H,2-7,10H2,1H3/t8-/m0/s1. The SMILES string of the molecule is CCOC[C@@H]1CCCN1C(=O)CN. The fourth-order valence-electron chi connectivity index (χ4n) is 1.71. The Hall–Kier alpha value is -0.610. The molecule has 0 bridgehead atoms. The molecule has 1 atom stereocenters. The first-order valence-electron chi connectivity index (χ1n) is 4.86. The Labute approximate surface area is 79.0 Å². The van der Waals surface area contributed by atoms with Gasteiger partial charge in [0.15, 0.2) is 0 Å². The average Bonchev–Trinajstić information content (AvgIpc) is 2.61. The molecule has 13 heavy (non-hydrogen) atoms. The van der Waals surface area contributed by atoms with Gasteiger partial charge in [-0.25, -0.2) is 0 Å². The van der Waals surface area contributed by atoms with Gasteiger partial charge in [-0.1, -0.05) is 0 Å². The second-order valence-electron chi connectivity index (χ2n) is 3.25.